The van der Waals surface area contributed by atoms with Crippen molar-refractivity contribution in [2.24, 2.45) is 0 Å². The van der Waals surface area contributed by atoms with Crippen LogP contribution >= 0.6 is 0 Å². The molecule has 15 heavy (non-hydrogen) atoms. The second kappa shape index (κ2) is 5.02. The molecule has 0 N–H and O–H groups in total. The lowest BCUT2D eigenvalue weighted by atomic mass is 10.0. The number of benzene rings is 1. The van der Waals surface area contributed by atoms with Gasteiger partial charge in [-0.15, -0.1) is 0 Å². The third-order valence-corrected chi connectivity index (χ3v) is 2.13. The van der Waals surface area contributed by atoms with Crippen LogP contribution in [0, 0.1) is 29.6 Å². The zero-order valence-corrected chi connectivity index (χ0v) is 8.87. The van der Waals surface area contributed by atoms with Crippen LogP contribution in [0.3, 0.4) is 0 Å². The fourth-order valence-electron chi connectivity index (χ4n) is 1.62. The molecular formula is C12H12N2O. The molecule has 0 aliphatic rings. The Morgan fingerprint density at radius 2 is 1.60 bits per heavy atom. The number of ether oxygens (including phenoxy) is 1. The fraction of sp³-hybridized carbons (Fsp3) is 0.333. The Morgan fingerprint density at radius 1 is 1.13 bits per heavy atom. The Balaban J connectivity index is 3.27. The van der Waals surface area contributed by atoms with Gasteiger partial charge >= 0.3 is 0 Å². The fourth-order valence-corrected chi connectivity index (χ4v) is 1.62. The van der Waals surface area contributed by atoms with Gasteiger partial charge in [-0.2, -0.15) is 10.5 Å². The van der Waals surface area contributed by atoms with E-state index in [-0.39, 0.29) is 0 Å². The summed E-state index contributed by atoms with van der Waals surface area (Å²) in [5, 5.41) is 17.4. The molecule has 1 rings (SSSR count). The van der Waals surface area contributed by atoms with Gasteiger partial charge in [0.1, 0.15) is 5.75 Å². The van der Waals surface area contributed by atoms with Crippen LogP contribution in [-0.2, 0) is 12.8 Å². The van der Waals surface area contributed by atoms with Gasteiger partial charge < -0.3 is 4.74 Å². The van der Waals surface area contributed by atoms with Crippen LogP contribution in [0.2, 0.25) is 0 Å². The van der Waals surface area contributed by atoms with Crippen molar-refractivity contribution in [2.75, 3.05) is 7.11 Å². The summed E-state index contributed by atoms with van der Waals surface area (Å²) in [4.78, 5) is 0. The Bertz CT molecular complexity index is 401. The Kier molecular flexibility index (Phi) is 3.71. The maximum atomic E-state index is 8.68. The molecule has 0 spiro atoms. The van der Waals surface area contributed by atoms with E-state index in [4.69, 9.17) is 15.3 Å². The first-order valence-corrected chi connectivity index (χ1v) is 4.63. The average molecular weight is 200 g/mol. The average Bonchev–Trinajstić information content (AvgIpc) is 2.18. The molecule has 0 aromatic heterocycles. The second-order valence-electron chi connectivity index (χ2n) is 3.29. The lowest BCUT2D eigenvalue weighted by molar-refractivity contribution is 0.406. The molecule has 0 amide bonds. The number of nitriles is 2. The molecule has 1 aromatic carbocycles. The predicted octanol–water partition coefficient (Wildman–Crippen LogP) is 2.14. The van der Waals surface area contributed by atoms with E-state index >= 15 is 0 Å². The summed E-state index contributed by atoms with van der Waals surface area (Å²) in [5.41, 5.74) is 2.75. The molecule has 0 unspecified atom stereocenters. The van der Waals surface area contributed by atoms with E-state index in [1.165, 1.54) is 0 Å². The van der Waals surface area contributed by atoms with Crippen molar-refractivity contribution in [3.63, 3.8) is 0 Å². The largest absolute Gasteiger partial charge is 0.496 e. The number of rotatable bonds is 3. The van der Waals surface area contributed by atoms with Crippen molar-refractivity contribution in [1.82, 2.24) is 0 Å². The van der Waals surface area contributed by atoms with Gasteiger partial charge in [-0.25, -0.2) is 0 Å². The minimum atomic E-state index is 0.309. The molecule has 0 heterocycles. The molecule has 3 heteroatoms. The summed E-state index contributed by atoms with van der Waals surface area (Å²) in [7, 11) is 1.56. The molecule has 3 nitrogen and oxygen atoms in total. The minimum Gasteiger partial charge on any atom is -0.496 e. The Hall–Kier alpha value is -2.00. The van der Waals surface area contributed by atoms with E-state index in [9.17, 15) is 0 Å². The van der Waals surface area contributed by atoms with E-state index in [1.54, 1.807) is 7.11 Å². The Morgan fingerprint density at radius 3 is 1.93 bits per heavy atom. The highest BCUT2D eigenvalue weighted by atomic mass is 16.5. The summed E-state index contributed by atoms with van der Waals surface area (Å²) in [6.07, 6.45) is 0.618. The van der Waals surface area contributed by atoms with Crippen molar-refractivity contribution in [3.8, 4) is 17.9 Å². The number of methoxy groups -OCH3 is 1. The van der Waals surface area contributed by atoms with Crippen LogP contribution in [0.1, 0.15) is 16.7 Å². The summed E-state index contributed by atoms with van der Waals surface area (Å²) in [6.45, 7) is 1.95. The second-order valence-corrected chi connectivity index (χ2v) is 3.29. The van der Waals surface area contributed by atoms with Crippen LogP contribution in [0.15, 0.2) is 12.1 Å². The number of hydrogen-bond donors (Lipinski definition) is 0. The highest BCUT2D eigenvalue weighted by molar-refractivity contribution is 5.46. The highest BCUT2D eigenvalue weighted by Gasteiger charge is 2.09. The number of nitrogens with zero attached hydrogens (tertiary/aromatic N) is 2. The Labute approximate surface area is 89.5 Å². The molecule has 0 saturated heterocycles. The summed E-state index contributed by atoms with van der Waals surface area (Å²) >= 11 is 0. The predicted molar refractivity (Wildman–Crippen MR) is 56.4 cm³/mol. The van der Waals surface area contributed by atoms with Crippen LogP contribution in [0.25, 0.3) is 0 Å². The molecule has 1 aromatic rings. The van der Waals surface area contributed by atoms with Crippen molar-refractivity contribution < 1.29 is 4.74 Å². The van der Waals surface area contributed by atoms with Crippen LogP contribution in [-0.4, -0.2) is 7.11 Å². The van der Waals surface area contributed by atoms with E-state index in [2.05, 4.69) is 12.1 Å². The van der Waals surface area contributed by atoms with Gasteiger partial charge in [-0.1, -0.05) is 17.7 Å². The normalized spacial score (nSPS) is 9.07. The van der Waals surface area contributed by atoms with Gasteiger partial charge in [0.15, 0.2) is 0 Å². The standard InChI is InChI=1S/C12H12N2O/c1-9-7-10(3-5-13)12(15-2)11(8-9)4-6-14/h7-8H,3-4H2,1-2H3. The maximum Gasteiger partial charge on any atom is 0.127 e. The molecule has 0 fully saturated rings. The molecule has 0 aliphatic heterocycles. The molecule has 0 radical (unpaired) electrons. The van der Waals surface area contributed by atoms with Gasteiger partial charge in [-0.3, -0.25) is 0 Å². The summed E-state index contributed by atoms with van der Waals surface area (Å²) in [5.74, 6) is 0.670. The van der Waals surface area contributed by atoms with Crippen molar-refractivity contribution in [1.29, 1.82) is 10.5 Å². The maximum absolute atomic E-state index is 8.68. The van der Waals surface area contributed by atoms with E-state index in [0.717, 1.165) is 16.7 Å². The van der Waals surface area contributed by atoms with Gasteiger partial charge in [0.05, 0.1) is 32.1 Å². The molecule has 0 aliphatic carbocycles. The summed E-state index contributed by atoms with van der Waals surface area (Å²) < 4.78 is 5.23. The quantitative estimate of drug-likeness (QED) is 0.751. The van der Waals surface area contributed by atoms with Gasteiger partial charge in [0.2, 0.25) is 0 Å². The molecule has 76 valence electrons. The molecule has 0 atom stereocenters. The van der Waals surface area contributed by atoms with Crippen molar-refractivity contribution >= 4 is 0 Å². The van der Waals surface area contributed by atoms with E-state index in [0.29, 0.717) is 18.6 Å². The lowest BCUT2D eigenvalue weighted by Crippen LogP contribution is -1.98. The molecule has 0 bridgehead atoms. The van der Waals surface area contributed by atoms with Crippen LogP contribution in [0.4, 0.5) is 0 Å². The lowest BCUT2D eigenvalue weighted by Gasteiger charge is -2.11. The monoisotopic (exact) mass is 200 g/mol. The SMILES string of the molecule is COc1c(CC#N)cc(C)cc1CC#N. The third-order valence-electron chi connectivity index (χ3n) is 2.13. The third kappa shape index (κ3) is 2.48. The van der Waals surface area contributed by atoms with Gasteiger partial charge in [0.25, 0.3) is 0 Å². The minimum absolute atomic E-state index is 0.309. The van der Waals surface area contributed by atoms with Gasteiger partial charge in [0, 0.05) is 11.1 Å². The molecular weight excluding hydrogens is 188 g/mol. The topological polar surface area (TPSA) is 56.8 Å². The zero-order valence-electron chi connectivity index (χ0n) is 8.87. The number of hydrogen-bond acceptors (Lipinski definition) is 3. The smallest absolute Gasteiger partial charge is 0.127 e. The van der Waals surface area contributed by atoms with Crippen molar-refractivity contribution in [3.05, 3.63) is 28.8 Å². The first-order chi connectivity index (χ1) is 7.22. The highest BCUT2D eigenvalue weighted by Crippen LogP contribution is 2.26. The number of aryl methyl sites for hydroxylation is 1. The van der Waals surface area contributed by atoms with E-state index < -0.39 is 0 Å². The molecule has 0 saturated carbocycles. The zero-order chi connectivity index (χ0) is 11.3. The summed E-state index contributed by atoms with van der Waals surface area (Å²) in [6, 6.07) is 8.02. The first kappa shape index (κ1) is 11.1. The van der Waals surface area contributed by atoms with E-state index in [1.807, 2.05) is 19.1 Å². The van der Waals surface area contributed by atoms with Crippen LogP contribution in [0.5, 0.6) is 5.75 Å². The first-order valence-electron chi connectivity index (χ1n) is 4.63. The van der Waals surface area contributed by atoms with Crippen molar-refractivity contribution in [2.45, 2.75) is 19.8 Å². The van der Waals surface area contributed by atoms with Gasteiger partial charge in [-0.05, 0) is 6.92 Å². The van der Waals surface area contributed by atoms with Crippen LogP contribution < -0.4 is 4.74 Å².